The van der Waals surface area contributed by atoms with Crippen LogP contribution < -0.4 is 11.1 Å². The zero-order valence-corrected chi connectivity index (χ0v) is 9.59. The quantitative estimate of drug-likeness (QED) is 0.477. The van der Waals surface area contributed by atoms with E-state index in [0.717, 1.165) is 31.9 Å². The van der Waals surface area contributed by atoms with E-state index in [0.29, 0.717) is 0 Å². The summed E-state index contributed by atoms with van der Waals surface area (Å²) in [5.41, 5.74) is 5.87. The standard InChI is InChI=1S/C11H23N3/c1-4-6-7-8-11(12)14(3)10-9-13-5-2/h4,6,8,13H,5,7,9-10,12H2,1-3H3/b6-4+,11-8+. The second-order valence-electron chi connectivity index (χ2n) is 3.21. The Bertz CT molecular complexity index is 185. The van der Waals surface area contributed by atoms with Gasteiger partial charge in [0.25, 0.3) is 0 Å². The molecular formula is C11H23N3. The zero-order valence-electron chi connectivity index (χ0n) is 9.59. The molecule has 14 heavy (non-hydrogen) atoms. The Balaban J connectivity index is 3.73. The molecule has 0 saturated carbocycles. The van der Waals surface area contributed by atoms with Gasteiger partial charge in [-0.1, -0.05) is 19.1 Å². The van der Waals surface area contributed by atoms with Crippen molar-refractivity contribution in [2.45, 2.75) is 20.3 Å². The molecule has 0 saturated heterocycles. The molecular weight excluding hydrogens is 174 g/mol. The number of likely N-dealkylation sites (N-methyl/N-ethyl adjacent to an activating group) is 2. The number of nitrogens with two attached hydrogens (primary N) is 1. The van der Waals surface area contributed by atoms with Crippen LogP contribution in [0.2, 0.25) is 0 Å². The van der Waals surface area contributed by atoms with Gasteiger partial charge in [-0.25, -0.2) is 0 Å². The molecule has 0 aliphatic carbocycles. The fraction of sp³-hybridized carbons (Fsp3) is 0.636. The van der Waals surface area contributed by atoms with Crippen LogP contribution in [-0.4, -0.2) is 31.6 Å². The largest absolute Gasteiger partial charge is 0.386 e. The molecule has 0 aliphatic rings. The van der Waals surface area contributed by atoms with E-state index < -0.39 is 0 Å². The highest BCUT2D eigenvalue weighted by molar-refractivity contribution is 4.99. The molecule has 0 rings (SSSR count). The van der Waals surface area contributed by atoms with Gasteiger partial charge in [-0.05, 0) is 26.0 Å². The summed E-state index contributed by atoms with van der Waals surface area (Å²) in [5, 5.41) is 3.26. The van der Waals surface area contributed by atoms with Crippen LogP contribution in [0.4, 0.5) is 0 Å². The van der Waals surface area contributed by atoms with Gasteiger partial charge in [0.15, 0.2) is 0 Å². The van der Waals surface area contributed by atoms with Crippen molar-refractivity contribution in [2.75, 3.05) is 26.7 Å². The summed E-state index contributed by atoms with van der Waals surface area (Å²) in [6, 6.07) is 0. The van der Waals surface area contributed by atoms with E-state index in [1.807, 2.05) is 26.1 Å². The summed E-state index contributed by atoms with van der Waals surface area (Å²) < 4.78 is 0. The van der Waals surface area contributed by atoms with Gasteiger partial charge in [0.1, 0.15) is 0 Å². The van der Waals surface area contributed by atoms with Gasteiger partial charge < -0.3 is 16.0 Å². The van der Waals surface area contributed by atoms with Gasteiger partial charge in [0, 0.05) is 20.1 Å². The van der Waals surface area contributed by atoms with Crippen LogP contribution in [0.15, 0.2) is 24.0 Å². The normalized spacial score (nSPS) is 12.4. The summed E-state index contributed by atoms with van der Waals surface area (Å²) in [6.07, 6.45) is 7.06. The van der Waals surface area contributed by atoms with Gasteiger partial charge in [-0.15, -0.1) is 0 Å². The molecule has 82 valence electrons. The molecule has 0 atom stereocenters. The number of allylic oxidation sites excluding steroid dienone is 3. The number of hydrogen-bond acceptors (Lipinski definition) is 3. The molecule has 0 aromatic rings. The van der Waals surface area contributed by atoms with Crippen molar-refractivity contribution >= 4 is 0 Å². The Morgan fingerprint density at radius 3 is 2.79 bits per heavy atom. The predicted octanol–water partition coefficient (Wildman–Crippen LogP) is 1.29. The lowest BCUT2D eigenvalue weighted by atomic mass is 10.3. The van der Waals surface area contributed by atoms with Crippen molar-refractivity contribution in [3.05, 3.63) is 24.0 Å². The summed E-state index contributed by atoms with van der Waals surface area (Å²) in [7, 11) is 2.01. The molecule has 0 aromatic heterocycles. The molecule has 3 N–H and O–H groups in total. The van der Waals surface area contributed by atoms with Crippen molar-refractivity contribution in [3.63, 3.8) is 0 Å². The molecule has 0 amide bonds. The molecule has 0 aromatic carbocycles. The van der Waals surface area contributed by atoms with E-state index in [2.05, 4.69) is 23.2 Å². The maximum Gasteiger partial charge on any atom is 0.0946 e. The first-order valence-corrected chi connectivity index (χ1v) is 5.21. The maximum absolute atomic E-state index is 5.87. The topological polar surface area (TPSA) is 41.3 Å². The predicted molar refractivity (Wildman–Crippen MR) is 62.9 cm³/mol. The summed E-state index contributed by atoms with van der Waals surface area (Å²) in [6.45, 7) is 7.05. The highest BCUT2D eigenvalue weighted by atomic mass is 15.2. The highest BCUT2D eigenvalue weighted by Crippen LogP contribution is 1.95. The van der Waals surface area contributed by atoms with Crippen LogP contribution in [0.25, 0.3) is 0 Å². The minimum absolute atomic E-state index is 0.848. The Kier molecular flexibility index (Phi) is 8.04. The van der Waals surface area contributed by atoms with Crippen LogP contribution in [0.5, 0.6) is 0 Å². The van der Waals surface area contributed by atoms with E-state index in [9.17, 15) is 0 Å². The van der Waals surface area contributed by atoms with E-state index >= 15 is 0 Å². The van der Waals surface area contributed by atoms with Gasteiger partial charge in [0.05, 0.1) is 5.82 Å². The van der Waals surface area contributed by atoms with Gasteiger partial charge in [-0.3, -0.25) is 0 Å². The third-order valence-electron chi connectivity index (χ3n) is 2.01. The average Bonchev–Trinajstić information content (AvgIpc) is 2.18. The first kappa shape index (κ1) is 13.0. The Labute approximate surface area is 87.7 Å². The number of nitrogens with zero attached hydrogens (tertiary/aromatic N) is 1. The number of rotatable bonds is 7. The van der Waals surface area contributed by atoms with E-state index in [1.54, 1.807) is 0 Å². The summed E-state index contributed by atoms with van der Waals surface area (Å²) in [4.78, 5) is 2.06. The molecule has 0 radical (unpaired) electrons. The first-order chi connectivity index (χ1) is 6.72. The fourth-order valence-corrected chi connectivity index (χ4v) is 1.03. The Hall–Kier alpha value is -0.960. The second kappa shape index (κ2) is 8.63. The van der Waals surface area contributed by atoms with Crippen molar-refractivity contribution in [1.29, 1.82) is 0 Å². The molecule has 0 heterocycles. The van der Waals surface area contributed by atoms with Crippen LogP contribution in [0, 0.1) is 0 Å². The van der Waals surface area contributed by atoms with E-state index in [1.165, 1.54) is 0 Å². The van der Waals surface area contributed by atoms with Crippen LogP contribution in [-0.2, 0) is 0 Å². The van der Waals surface area contributed by atoms with Crippen molar-refractivity contribution < 1.29 is 0 Å². The van der Waals surface area contributed by atoms with Crippen molar-refractivity contribution in [3.8, 4) is 0 Å². The van der Waals surface area contributed by atoms with Crippen molar-refractivity contribution in [1.82, 2.24) is 10.2 Å². The fourth-order valence-electron chi connectivity index (χ4n) is 1.03. The minimum Gasteiger partial charge on any atom is -0.386 e. The minimum atomic E-state index is 0.848. The zero-order chi connectivity index (χ0) is 10.8. The second-order valence-corrected chi connectivity index (χ2v) is 3.21. The maximum atomic E-state index is 5.87. The smallest absolute Gasteiger partial charge is 0.0946 e. The van der Waals surface area contributed by atoms with Gasteiger partial charge >= 0.3 is 0 Å². The number of hydrogen-bond donors (Lipinski definition) is 2. The van der Waals surface area contributed by atoms with E-state index in [4.69, 9.17) is 5.73 Å². The SMILES string of the molecule is C/C=C/C/C=C(\N)N(C)CCNCC. The van der Waals surface area contributed by atoms with Crippen LogP contribution in [0.1, 0.15) is 20.3 Å². The summed E-state index contributed by atoms with van der Waals surface area (Å²) >= 11 is 0. The molecule has 0 bridgehead atoms. The third-order valence-corrected chi connectivity index (χ3v) is 2.01. The Morgan fingerprint density at radius 1 is 1.50 bits per heavy atom. The molecule has 3 heteroatoms. The molecule has 3 nitrogen and oxygen atoms in total. The molecule has 0 unspecified atom stereocenters. The molecule has 0 fully saturated rings. The van der Waals surface area contributed by atoms with Crippen LogP contribution >= 0.6 is 0 Å². The van der Waals surface area contributed by atoms with E-state index in [-0.39, 0.29) is 0 Å². The Morgan fingerprint density at radius 2 is 2.21 bits per heavy atom. The lowest BCUT2D eigenvalue weighted by Crippen LogP contribution is -2.31. The number of nitrogens with one attached hydrogen (secondary N) is 1. The third kappa shape index (κ3) is 6.54. The molecule has 0 spiro atoms. The van der Waals surface area contributed by atoms with Crippen LogP contribution in [0.3, 0.4) is 0 Å². The lowest BCUT2D eigenvalue weighted by molar-refractivity contribution is 0.405. The first-order valence-electron chi connectivity index (χ1n) is 5.21. The summed E-state index contributed by atoms with van der Waals surface area (Å²) in [5.74, 6) is 0.848. The van der Waals surface area contributed by atoms with Gasteiger partial charge in [0.2, 0.25) is 0 Å². The lowest BCUT2D eigenvalue weighted by Gasteiger charge is -2.19. The highest BCUT2D eigenvalue weighted by Gasteiger charge is 1.97. The monoisotopic (exact) mass is 197 g/mol. The van der Waals surface area contributed by atoms with Gasteiger partial charge in [-0.2, -0.15) is 0 Å². The van der Waals surface area contributed by atoms with Crippen molar-refractivity contribution in [2.24, 2.45) is 5.73 Å². The average molecular weight is 197 g/mol. The molecule has 0 aliphatic heterocycles.